The van der Waals surface area contributed by atoms with E-state index in [-0.39, 0.29) is 35.1 Å². The fraction of sp³-hybridized carbons (Fsp3) is 0.212. The lowest BCUT2D eigenvalue weighted by molar-refractivity contribution is 0.0601. The summed E-state index contributed by atoms with van der Waals surface area (Å²) in [5.41, 5.74) is 3.74. The summed E-state index contributed by atoms with van der Waals surface area (Å²) in [4.78, 5) is 24.8. The molecule has 10 nitrogen and oxygen atoms in total. The molecule has 0 fully saturated rings. The van der Waals surface area contributed by atoms with E-state index in [1.807, 2.05) is 4.57 Å². The lowest BCUT2D eigenvalue weighted by Crippen LogP contribution is -2.11. The van der Waals surface area contributed by atoms with E-state index in [1.54, 1.807) is 61.7 Å². The number of esters is 1. The molecule has 2 aromatic heterocycles. The zero-order chi connectivity index (χ0) is 32.1. The summed E-state index contributed by atoms with van der Waals surface area (Å²) in [7, 11) is -0.780. The van der Waals surface area contributed by atoms with Gasteiger partial charge in [-0.15, -0.1) is 0 Å². The van der Waals surface area contributed by atoms with Crippen LogP contribution in [0.1, 0.15) is 27.3 Å². The van der Waals surface area contributed by atoms with Crippen molar-refractivity contribution in [3.8, 4) is 17.1 Å². The molecule has 0 unspecified atom stereocenters. The van der Waals surface area contributed by atoms with E-state index >= 15 is 0 Å². The van der Waals surface area contributed by atoms with Crippen LogP contribution in [0.4, 0.5) is 10.1 Å². The van der Waals surface area contributed by atoms with Crippen molar-refractivity contribution in [2.24, 2.45) is 0 Å². The molecule has 0 aliphatic rings. The second-order valence-electron chi connectivity index (χ2n) is 10.2. The SMILES string of the molecule is [C-]#[N+]c1ccc(COc2cccc(-c3ccc(Cc4nc5ccc(C(=O)OC)cc5n4CCOC)c(S(C)(=O)=O)c3)n2)c(F)c1. The highest BCUT2D eigenvalue weighted by molar-refractivity contribution is 7.90. The Morgan fingerprint density at radius 3 is 2.51 bits per heavy atom. The maximum atomic E-state index is 14.3. The molecule has 12 heteroatoms. The highest BCUT2D eigenvalue weighted by Gasteiger charge is 2.20. The predicted octanol–water partition coefficient (Wildman–Crippen LogP) is 5.79. The predicted molar refractivity (Wildman–Crippen MR) is 166 cm³/mol. The first-order valence-corrected chi connectivity index (χ1v) is 15.7. The van der Waals surface area contributed by atoms with Crippen LogP contribution < -0.4 is 4.74 Å². The molecule has 0 radical (unpaired) electrons. The molecule has 45 heavy (non-hydrogen) atoms. The van der Waals surface area contributed by atoms with Crippen molar-refractivity contribution < 1.29 is 31.8 Å². The van der Waals surface area contributed by atoms with Crippen molar-refractivity contribution in [3.63, 3.8) is 0 Å². The molecular weight excluding hydrogens is 599 g/mol. The van der Waals surface area contributed by atoms with Crippen molar-refractivity contribution in [3.05, 3.63) is 113 Å². The molecule has 2 heterocycles. The molecule has 0 saturated heterocycles. The second kappa shape index (κ2) is 13.3. The molecule has 0 amide bonds. The fourth-order valence-corrected chi connectivity index (χ4v) is 5.85. The van der Waals surface area contributed by atoms with E-state index in [4.69, 9.17) is 25.8 Å². The van der Waals surface area contributed by atoms with E-state index < -0.39 is 21.6 Å². The third-order valence-corrected chi connectivity index (χ3v) is 8.32. The number of methoxy groups -OCH3 is 2. The molecule has 0 saturated carbocycles. The minimum Gasteiger partial charge on any atom is -0.473 e. The van der Waals surface area contributed by atoms with E-state index in [9.17, 15) is 17.6 Å². The van der Waals surface area contributed by atoms with Crippen LogP contribution >= 0.6 is 0 Å². The van der Waals surface area contributed by atoms with Gasteiger partial charge >= 0.3 is 5.97 Å². The maximum absolute atomic E-state index is 14.3. The van der Waals surface area contributed by atoms with E-state index in [2.05, 4.69) is 9.83 Å². The molecule has 5 rings (SSSR count). The van der Waals surface area contributed by atoms with Gasteiger partial charge in [0.2, 0.25) is 5.88 Å². The zero-order valence-corrected chi connectivity index (χ0v) is 25.6. The molecule has 0 aliphatic heterocycles. The molecule has 230 valence electrons. The minimum absolute atomic E-state index is 0.0979. The lowest BCUT2D eigenvalue weighted by atomic mass is 10.1. The quantitative estimate of drug-likeness (QED) is 0.133. The molecule has 0 spiro atoms. The van der Waals surface area contributed by atoms with Gasteiger partial charge in [-0.2, -0.15) is 0 Å². The topological polar surface area (TPSA) is 114 Å². The van der Waals surface area contributed by atoms with Crippen LogP contribution in [-0.4, -0.2) is 56.0 Å². The van der Waals surface area contributed by atoms with Crippen LogP contribution in [-0.2, 0) is 38.9 Å². The van der Waals surface area contributed by atoms with Gasteiger partial charge in [-0.1, -0.05) is 30.3 Å². The summed E-state index contributed by atoms with van der Waals surface area (Å²) in [6.45, 7) is 7.73. The monoisotopic (exact) mass is 628 g/mol. The third kappa shape index (κ3) is 7.01. The number of carbonyl (C=O) groups is 1. The number of rotatable bonds is 11. The summed E-state index contributed by atoms with van der Waals surface area (Å²) in [5.74, 6) is -0.192. The number of pyridine rings is 1. The Bertz CT molecular complexity index is 2050. The van der Waals surface area contributed by atoms with E-state index in [0.717, 1.165) is 12.3 Å². The van der Waals surface area contributed by atoms with Crippen molar-refractivity contribution in [2.45, 2.75) is 24.5 Å². The summed E-state index contributed by atoms with van der Waals surface area (Å²) in [6, 6.07) is 19.3. The van der Waals surface area contributed by atoms with Crippen LogP contribution in [0.25, 0.3) is 27.1 Å². The highest BCUT2D eigenvalue weighted by atomic mass is 32.2. The smallest absolute Gasteiger partial charge is 0.337 e. The Labute approximate surface area is 259 Å². The normalized spacial score (nSPS) is 11.4. The largest absolute Gasteiger partial charge is 0.473 e. The molecule has 3 aromatic carbocycles. The van der Waals surface area contributed by atoms with Crippen molar-refractivity contribution >= 4 is 32.5 Å². The number of fused-ring (bicyclic) bond motifs is 1. The third-order valence-electron chi connectivity index (χ3n) is 7.14. The van der Waals surface area contributed by atoms with Crippen molar-refractivity contribution in [1.29, 1.82) is 0 Å². The Morgan fingerprint density at radius 2 is 1.80 bits per heavy atom. The van der Waals surface area contributed by atoms with Crippen LogP contribution in [0.5, 0.6) is 5.88 Å². The number of sulfone groups is 1. The summed E-state index contributed by atoms with van der Waals surface area (Å²) in [5, 5.41) is 0. The van der Waals surface area contributed by atoms with Crippen LogP contribution in [0.3, 0.4) is 0 Å². The zero-order valence-electron chi connectivity index (χ0n) is 24.8. The minimum atomic E-state index is -3.68. The standard InChI is InChI=1S/C33H29FN4O6S/c1-35-25-12-10-24(26(34)19-25)20-44-32-7-5-6-27(37-32)21-8-9-22(30(17-21)45(4,40)41)18-31-36-28-13-11-23(33(39)43-3)16-29(28)38(31)14-15-42-2/h5-13,16-17,19H,14-15,18,20H2,2-4H3. The molecule has 0 bridgehead atoms. The molecule has 5 aromatic rings. The molecule has 0 N–H and O–H groups in total. The van der Waals surface area contributed by atoms with Crippen LogP contribution in [0.15, 0.2) is 77.7 Å². The van der Waals surface area contributed by atoms with Crippen molar-refractivity contribution in [1.82, 2.24) is 14.5 Å². The number of ether oxygens (including phenoxy) is 3. The van der Waals surface area contributed by atoms with Gasteiger partial charge in [-0.05, 0) is 42.0 Å². The number of hydrogen-bond acceptors (Lipinski definition) is 8. The Kier molecular flexibility index (Phi) is 9.22. The Balaban J connectivity index is 1.46. The lowest BCUT2D eigenvalue weighted by Gasteiger charge is -2.13. The maximum Gasteiger partial charge on any atom is 0.337 e. The van der Waals surface area contributed by atoms with Gasteiger partial charge in [0, 0.05) is 43.5 Å². The molecule has 0 aliphatic carbocycles. The van der Waals surface area contributed by atoms with Crippen LogP contribution in [0.2, 0.25) is 0 Å². The van der Waals surface area contributed by atoms with E-state index in [1.165, 1.54) is 19.2 Å². The van der Waals surface area contributed by atoms with Gasteiger partial charge in [0.1, 0.15) is 18.2 Å². The number of benzene rings is 3. The summed E-state index contributed by atoms with van der Waals surface area (Å²) in [6.07, 6.45) is 1.34. The van der Waals surface area contributed by atoms with Crippen molar-refractivity contribution in [2.75, 3.05) is 27.1 Å². The molecule has 0 atom stereocenters. The Hall–Kier alpha value is -5.12. The van der Waals surface area contributed by atoms with Gasteiger partial charge in [0.15, 0.2) is 15.5 Å². The Morgan fingerprint density at radius 1 is 1.00 bits per heavy atom. The second-order valence-corrected chi connectivity index (χ2v) is 12.2. The van der Waals surface area contributed by atoms with Gasteiger partial charge in [-0.25, -0.2) is 32.4 Å². The average Bonchev–Trinajstić information content (AvgIpc) is 3.38. The first-order valence-electron chi connectivity index (χ1n) is 13.8. The fourth-order valence-electron chi connectivity index (χ4n) is 4.89. The van der Waals surface area contributed by atoms with E-state index in [0.29, 0.717) is 52.4 Å². The average molecular weight is 629 g/mol. The number of aromatic nitrogens is 3. The van der Waals surface area contributed by atoms with Gasteiger partial charge in [0.25, 0.3) is 0 Å². The highest BCUT2D eigenvalue weighted by Crippen LogP contribution is 2.29. The number of halogens is 1. The van der Waals surface area contributed by atoms with Gasteiger partial charge in [-0.3, -0.25) is 0 Å². The summed E-state index contributed by atoms with van der Waals surface area (Å²) >= 11 is 0. The first-order chi connectivity index (χ1) is 21.6. The first kappa shape index (κ1) is 31.3. The number of nitrogens with zero attached hydrogens (tertiary/aromatic N) is 4. The van der Waals surface area contributed by atoms with Gasteiger partial charge < -0.3 is 18.8 Å². The number of imidazole rings is 1. The number of hydrogen-bond donors (Lipinski definition) is 0. The summed E-state index contributed by atoms with van der Waals surface area (Å²) < 4.78 is 58.1. The van der Waals surface area contributed by atoms with Crippen LogP contribution in [0, 0.1) is 12.4 Å². The molecular formula is C33H29FN4O6S. The van der Waals surface area contributed by atoms with Gasteiger partial charge in [0.05, 0.1) is 47.5 Å². The number of carbonyl (C=O) groups excluding carboxylic acids is 1.